The van der Waals surface area contributed by atoms with E-state index in [9.17, 15) is 9.59 Å². The van der Waals surface area contributed by atoms with E-state index in [0.717, 1.165) is 5.69 Å². The van der Waals surface area contributed by atoms with Gasteiger partial charge in [-0.2, -0.15) is 0 Å². The van der Waals surface area contributed by atoms with E-state index in [1.54, 1.807) is 18.3 Å². The van der Waals surface area contributed by atoms with Gasteiger partial charge < -0.3 is 10.1 Å². The van der Waals surface area contributed by atoms with Crippen LogP contribution in [0, 0.1) is 0 Å². The minimum absolute atomic E-state index is 0.142. The molecule has 0 saturated carbocycles. The molecule has 106 valence electrons. The minimum atomic E-state index is -1.03. The van der Waals surface area contributed by atoms with Gasteiger partial charge in [0.1, 0.15) is 0 Å². The summed E-state index contributed by atoms with van der Waals surface area (Å²) in [6, 6.07) is 9.75. The second-order valence-corrected chi connectivity index (χ2v) is 4.77. The van der Waals surface area contributed by atoms with Crippen LogP contribution in [0.5, 0.6) is 0 Å². The maximum absolute atomic E-state index is 12.2. The summed E-state index contributed by atoms with van der Waals surface area (Å²) in [6.07, 6.45) is 1.66. The molecular weight excluding hydrogens is 270 g/mol. The van der Waals surface area contributed by atoms with Crippen LogP contribution in [0.3, 0.4) is 0 Å². The SMILES string of the molecule is CC(c1ccccn1)n1c(=O)[nH]c2ccc(C(=O)O)cc21. The van der Waals surface area contributed by atoms with Crippen molar-refractivity contribution in [3.63, 3.8) is 0 Å². The quantitative estimate of drug-likeness (QED) is 0.769. The first-order valence-corrected chi connectivity index (χ1v) is 6.46. The largest absolute Gasteiger partial charge is 0.478 e. The number of nitrogens with zero attached hydrogens (tertiary/aromatic N) is 2. The van der Waals surface area contributed by atoms with Gasteiger partial charge in [0.2, 0.25) is 0 Å². The van der Waals surface area contributed by atoms with Gasteiger partial charge in [0, 0.05) is 6.20 Å². The molecule has 21 heavy (non-hydrogen) atoms. The Morgan fingerprint density at radius 2 is 2.14 bits per heavy atom. The highest BCUT2D eigenvalue weighted by atomic mass is 16.4. The number of carboxylic acid groups (broad SMARTS) is 1. The van der Waals surface area contributed by atoms with E-state index in [4.69, 9.17) is 5.11 Å². The second kappa shape index (κ2) is 4.90. The minimum Gasteiger partial charge on any atom is -0.478 e. The first-order valence-electron chi connectivity index (χ1n) is 6.46. The van der Waals surface area contributed by atoms with Crippen LogP contribution in [0.4, 0.5) is 0 Å². The van der Waals surface area contributed by atoms with Gasteiger partial charge in [-0.25, -0.2) is 9.59 Å². The number of aromatic carboxylic acids is 1. The summed E-state index contributed by atoms with van der Waals surface area (Å²) < 4.78 is 1.52. The van der Waals surface area contributed by atoms with Gasteiger partial charge in [0.25, 0.3) is 0 Å². The molecule has 0 bridgehead atoms. The van der Waals surface area contributed by atoms with Crippen molar-refractivity contribution in [1.29, 1.82) is 0 Å². The van der Waals surface area contributed by atoms with E-state index in [1.165, 1.54) is 16.7 Å². The van der Waals surface area contributed by atoms with E-state index < -0.39 is 5.97 Å². The van der Waals surface area contributed by atoms with E-state index in [1.807, 2.05) is 19.1 Å². The number of rotatable bonds is 3. The van der Waals surface area contributed by atoms with E-state index in [-0.39, 0.29) is 17.3 Å². The normalized spacial score (nSPS) is 12.4. The summed E-state index contributed by atoms with van der Waals surface area (Å²) >= 11 is 0. The Hall–Kier alpha value is -2.89. The average molecular weight is 283 g/mol. The van der Waals surface area contributed by atoms with Gasteiger partial charge in [-0.1, -0.05) is 6.07 Å². The topological polar surface area (TPSA) is 88.0 Å². The lowest BCUT2D eigenvalue weighted by atomic mass is 10.1. The van der Waals surface area contributed by atoms with Crippen molar-refractivity contribution in [2.75, 3.05) is 0 Å². The van der Waals surface area contributed by atoms with E-state index >= 15 is 0 Å². The molecule has 6 heteroatoms. The monoisotopic (exact) mass is 283 g/mol. The van der Waals surface area contributed by atoms with E-state index in [2.05, 4.69) is 9.97 Å². The summed E-state index contributed by atoms with van der Waals surface area (Å²) in [7, 11) is 0. The number of pyridine rings is 1. The molecule has 3 rings (SSSR count). The van der Waals surface area contributed by atoms with Crippen molar-refractivity contribution < 1.29 is 9.90 Å². The predicted octanol–water partition coefficient (Wildman–Crippen LogP) is 2.03. The lowest BCUT2D eigenvalue weighted by Crippen LogP contribution is -2.21. The molecule has 0 fully saturated rings. The highest BCUT2D eigenvalue weighted by Crippen LogP contribution is 2.20. The molecule has 0 aliphatic carbocycles. The fraction of sp³-hybridized carbons (Fsp3) is 0.133. The Kier molecular flexibility index (Phi) is 3.06. The molecule has 0 spiro atoms. The van der Waals surface area contributed by atoms with Crippen LogP contribution in [0.25, 0.3) is 11.0 Å². The number of aromatic nitrogens is 3. The van der Waals surface area contributed by atoms with Crippen LogP contribution < -0.4 is 5.69 Å². The summed E-state index contributed by atoms with van der Waals surface area (Å²) in [6.45, 7) is 1.85. The summed E-state index contributed by atoms with van der Waals surface area (Å²) in [5.74, 6) is -1.03. The number of aromatic amines is 1. The first kappa shape index (κ1) is 13.1. The fourth-order valence-corrected chi connectivity index (χ4v) is 2.39. The Balaban J connectivity index is 2.22. The van der Waals surface area contributed by atoms with Crippen LogP contribution in [-0.2, 0) is 0 Å². The molecule has 2 N–H and O–H groups in total. The Bertz CT molecular complexity index is 865. The number of hydrogen-bond donors (Lipinski definition) is 2. The number of hydrogen-bond acceptors (Lipinski definition) is 3. The van der Waals surface area contributed by atoms with Gasteiger partial charge in [-0.3, -0.25) is 9.55 Å². The molecule has 0 amide bonds. The zero-order valence-corrected chi connectivity index (χ0v) is 11.3. The van der Waals surface area contributed by atoms with Crippen molar-refractivity contribution in [2.45, 2.75) is 13.0 Å². The number of carbonyl (C=O) groups is 1. The van der Waals surface area contributed by atoms with Crippen molar-refractivity contribution in [3.8, 4) is 0 Å². The number of H-pyrrole nitrogens is 1. The van der Waals surface area contributed by atoms with Gasteiger partial charge in [-0.05, 0) is 37.3 Å². The summed E-state index contributed by atoms with van der Waals surface area (Å²) in [4.78, 5) is 30.2. The van der Waals surface area contributed by atoms with Gasteiger partial charge in [0.15, 0.2) is 0 Å². The number of carboxylic acids is 1. The third-order valence-electron chi connectivity index (χ3n) is 3.47. The van der Waals surface area contributed by atoms with Crippen molar-refractivity contribution in [2.24, 2.45) is 0 Å². The molecule has 0 aliphatic rings. The third kappa shape index (κ3) is 2.20. The zero-order chi connectivity index (χ0) is 15.0. The van der Waals surface area contributed by atoms with Crippen LogP contribution in [0.2, 0.25) is 0 Å². The lowest BCUT2D eigenvalue weighted by molar-refractivity contribution is 0.0697. The number of imidazole rings is 1. The fourth-order valence-electron chi connectivity index (χ4n) is 2.39. The lowest BCUT2D eigenvalue weighted by Gasteiger charge is -2.13. The smallest absolute Gasteiger partial charge is 0.335 e. The van der Waals surface area contributed by atoms with Crippen molar-refractivity contribution >= 4 is 17.0 Å². The predicted molar refractivity (Wildman–Crippen MR) is 77.6 cm³/mol. The van der Waals surface area contributed by atoms with Crippen LogP contribution >= 0.6 is 0 Å². The molecule has 3 aromatic rings. The molecule has 0 aliphatic heterocycles. The standard InChI is InChI=1S/C15H13N3O3/c1-9(11-4-2-3-7-16-11)18-13-8-10(14(19)20)5-6-12(13)17-15(18)21/h2-9H,1H3,(H,17,21)(H,19,20). The van der Waals surface area contributed by atoms with Crippen molar-refractivity contribution in [3.05, 3.63) is 64.3 Å². The van der Waals surface area contributed by atoms with Crippen LogP contribution in [0.15, 0.2) is 47.4 Å². The highest BCUT2D eigenvalue weighted by Gasteiger charge is 2.17. The maximum Gasteiger partial charge on any atom is 0.335 e. The number of benzene rings is 1. The molecule has 1 atom stereocenters. The third-order valence-corrected chi connectivity index (χ3v) is 3.47. The molecule has 1 unspecified atom stereocenters. The van der Waals surface area contributed by atoms with Crippen LogP contribution in [-0.4, -0.2) is 25.6 Å². The Morgan fingerprint density at radius 1 is 1.33 bits per heavy atom. The molecule has 0 saturated heterocycles. The van der Waals surface area contributed by atoms with Gasteiger partial charge >= 0.3 is 11.7 Å². The molecule has 2 aromatic heterocycles. The molecule has 2 heterocycles. The molecule has 6 nitrogen and oxygen atoms in total. The molecule has 0 radical (unpaired) electrons. The first-order chi connectivity index (χ1) is 10.1. The average Bonchev–Trinajstić information content (AvgIpc) is 2.82. The van der Waals surface area contributed by atoms with Crippen molar-refractivity contribution in [1.82, 2.24) is 14.5 Å². The van der Waals surface area contributed by atoms with Gasteiger partial charge in [-0.15, -0.1) is 0 Å². The second-order valence-electron chi connectivity index (χ2n) is 4.77. The molecule has 1 aromatic carbocycles. The Morgan fingerprint density at radius 3 is 2.81 bits per heavy atom. The zero-order valence-electron chi connectivity index (χ0n) is 11.3. The highest BCUT2D eigenvalue weighted by molar-refractivity contribution is 5.92. The summed E-state index contributed by atoms with van der Waals surface area (Å²) in [5, 5.41) is 9.09. The number of fused-ring (bicyclic) bond motifs is 1. The number of nitrogens with one attached hydrogen (secondary N) is 1. The van der Waals surface area contributed by atoms with Crippen LogP contribution in [0.1, 0.15) is 29.0 Å². The molecular formula is C15H13N3O3. The maximum atomic E-state index is 12.2. The van der Waals surface area contributed by atoms with Gasteiger partial charge in [0.05, 0.1) is 28.3 Å². The summed E-state index contributed by atoms with van der Waals surface area (Å²) in [5.41, 5.74) is 1.75. The van der Waals surface area contributed by atoms with E-state index in [0.29, 0.717) is 11.0 Å². The Labute approximate surface area is 119 Å².